The number of carbonyl (C=O) groups is 1. The fourth-order valence-corrected chi connectivity index (χ4v) is 3.37. The quantitative estimate of drug-likeness (QED) is 0.773. The van der Waals surface area contributed by atoms with Crippen LogP contribution in [0.5, 0.6) is 0 Å². The average molecular weight is 327 g/mol. The molecule has 2 aromatic rings. The van der Waals surface area contributed by atoms with Gasteiger partial charge in [0.15, 0.2) is 0 Å². The number of hydrogen-bond donors (Lipinski definition) is 2. The molecule has 0 atom stereocenters. The summed E-state index contributed by atoms with van der Waals surface area (Å²) in [6.07, 6.45) is 10.00. The van der Waals surface area contributed by atoms with Crippen LogP contribution in [0.15, 0.2) is 47.5 Å². The van der Waals surface area contributed by atoms with Gasteiger partial charge in [0.2, 0.25) is 0 Å². The number of thiazole rings is 1. The van der Waals surface area contributed by atoms with Crippen LogP contribution < -0.4 is 10.6 Å². The van der Waals surface area contributed by atoms with Crippen LogP contribution in [0.1, 0.15) is 32.1 Å². The predicted octanol–water partition coefficient (Wildman–Crippen LogP) is 4.82. The molecule has 2 N–H and O–H groups in total. The van der Waals surface area contributed by atoms with E-state index in [1.807, 2.05) is 29.6 Å². The zero-order valence-electron chi connectivity index (χ0n) is 13.0. The molecule has 1 aliphatic rings. The highest BCUT2D eigenvalue weighted by molar-refractivity contribution is 7.13. The first-order valence-electron chi connectivity index (χ1n) is 8.04. The second kappa shape index (κ2) is 7.92. The molecule has 5 heteroatoms. The van der Waals surface area contributed by atoms with E-state index in [1.165, 1.54) is 31.3 Å². The second-order valence-electron chi connectivity index (χ2n) is 5.66. The minimum atomic E-state index is -0.155. The van der Waals surface area contributed by atoms with Gasteiger partial charge in [0.05, 0.1) is 0 Å². The zero-order chi connectivity index (χ0) is 15.9. The molecule has 1 heterocycles. The number of hydrogen-bond acceptors (Lipinski definition) is 3. The molecule has 1 aromatic heterocycles. The third-order valence-electron chi connectivity index (χ3n) is 3.92. The van der Waals surface area contributed by atoms with E-state index in [0.717, 1.165) is 22.7 Å². The Balaban J connectivity index is 1.50. The van der Waals surface area contributed by atoms with Crippen molar-refractivity contribution in [2.75, 3.05) is 11.9 Å². The summed E-state index contributed by atoms with van der Waals surface area (Å²) in [6.45, 7) is 0.684. The van der Waals surface area contributed by atoms with E-state index in [9.17, 15) is 4.79 Å². The van der Waals surface area contributed by atoms with E-state index >= 15 is 0 Å². The van der Waals surface area contributed by atoms with Crippen molar-refractivity contribution < 1.29 is 4.79 Å². The van der Waals surface area contributed by atoms with Gasteiger partial charge in [-0.15, -0.1) is 11.3 Å². The third-order valence-corrected chi connectivity index (χ3v) is 4.74. The molecule has 0 radical (unpaired) electrons. The monoisotopic (exact) mass is 327 g/mol. The minimum Gasteiger partial charge on any atom is -0.338 e. The van der Waals surface area contributed by atoms with Crippen LogP contribution in [0.25, 0.3) is 10.6 Å². The summed E-state index contributed by atoms with van der Waals surface area (Å²) >= 11 is 1.59. The highest BCUT2D eigenvalue weighted by Crippen LogP contribution is 2.24. The van der Waals surface area contributed by atoms with E-state index < -0.39 is 0 Å². The lowest BCUT2D eigenvalue weighted by Gasteiger charge is -2.13. The summed E-state index contributed by atoms with van der Waals surface area (Å²) in [5, 5.41) is 8.72. The van der Waals surface area contributed by atoms with Gasteiger partial charge in [0, 0.05) is 29.4 Å². The Morgan fingerprint density at radius 3 is 3.04 bits per heavy atom. The van der Waals surface area contributed by atoms with Gasteiger partial charge in [0.25, 0.3) is 0 Å². The molecule has 0 fully saturated rings. The van der Waals surface area contributed by atoms with Gasteiger partial charge in [-0.05, 0) is 44.2 Å². The van der Waals surface area contributed by atoms with Gasteiger partial charge in [0.1, 0.15) is 5.01 Å². The van der Waals surface area contributed by atoms with Crippen LogP contribution in [0.3, 0.4) is 0 Å². The Labute approximate surface area is 140 Å². The highest BCUT2D eigenvalue weighted by atomic mass is 32.1. The number of benzene rings is 1. The number of nitrogens with one attached hydrogen (secondary N) is 2. The van der Waals surface area contributed by atoms with Crippen LogP contribution in [-0.2, 0) is 0 Å². The lowest BCUT2D eigenvalue weighted by atomic mass is 9.97. The Morgan fingerprint density at radius 1 is 1.30 bits per heavy atom. The van der Waals surface area contributed by atoms with E-state index in [1.54, 1.807) is 17.5 Å². The maximum atomic E-state index is 12.0. The Bertz CT molecular complexity index is 679. The first-order valence-corrected chi connectivity index (χ1v) is 8.92. The van der Waals surface area contributed by atoms with Crippen molar-refractivity contribution in [3.05, 3.63) is 47.5 Å². The molecule has 0 aliphatic heterocycles. The van der Waals surface area contributed by atoms with E-state index in [0.29, 0.717) is 6.54 Å². The molecule has 23 heavy (non-hydrogen) atoms. The van der Waals surface area contributed by atoms with Crippen LogP contribution in [-0.4, -0.2) is 17.6 Å². The Kier molecular flexibility index (Phi) is 5.42. The maximum absolute atomic E-state index is 12.0. The maximum Gasteiger partial charge on any atom is 0.319 e. The summed E-state index contributed by atoms with van der Waals surface area (Å²) in [7, 11) is 0. The highest BCUT2D eigenvalue weighted by Gasteiger charge is 2.06. The molecule has 120 valence electrons. The van der Waals surface area contributed by atoms with Crippen molar-refractivity contribution in [1.29, 1.82) is 0 Å². The van der Waals surface area contributed by atoms with Crippen LogP contribution in [0.2, 0.25) is 0 Å². The summed E-state index contributed by atoms with van der Waals surface area (Å²) < 4.78 is 0. The van der Waals surface area contributed by atoms with E-state index in [2.05, 4.69) is 21.7 Å². The van der Waals surface area contributed by atoms with Gasteiger partial charge >= 0.3 is 6.03 Å². The van der Waals surface area contributed by atoms with Gasteiger partial charge in [-0.1, -0.05) is 23.8 Å². The second-order valence-corrected chi connectivity index (χ2v) is 6.55. The number of nitrogens with zero attached hydrogens (tertiary/aromatic N) is 1. The summed E-state index contributed by atoms with van der Waals surface area (Å²) in [5.41, 5.74) is 3.28. The molecule has 0 unspecified atom stereocenters. The summed E-state index contributed by atoms with van der Waals surface area (Å²) in [5.74, 6) is 0. The Hall–Kier alpha value is -2.14. The molecular weight excluding hydrogens is 306 g/mol. The number of rotatable bonds is 5. The summed E-state index contributed by atoms with van der Waals surface area (Å²) in [4.78, 5) is 16.3. The van der Waals surface area contributed by atoms with Crippen LogP contribution in [0.4, 0.5) is 10.5 Å². The van der Waals surface area contributed by atoms with Crippen molar-refractivity contribution in [3.63, 3.8) is 0 Å². The smallest absolute Gasteiger partial charge is 0.319 e. The number of amides is 2. The van der Waals surface area contributed by atoms with Crippen LogP contribution >= 0.6 is 11.3 Å². The lowest BCUT2D eigenvalue weighted by molar-refractivity contribution is 0.252. The van der Waals surface area contributed by atoms with Crippen molar-refractivity contribution in [3.8, 4) is 10.6 Å². The molecule has 1 aromatic carbocycles. The fourth-order valence-electron chi connectivity index (χ4n) is 2.74. The van der Waals surface area contributed by atoms with Crippen molar-refractivity contribution in [2.45, 2.75) is 32.1 Å². The SMILES string of the molecule is O=C(NCCC1=CCCCC1)Nc1cccc(-c2nccs2)c1. The molecule has 0 bridgehead atoms. The third kappa shape index (κ3) is 4.66. The number of carbonyl (C=O) groups excluding carboxylic acids is 1. The molecule has 0 saturated heterocycles. The number of aromatic nitrogens is 1. The zero-order valence-corrected chi connectivity index (χ0v) is 13.9. The normalized spacial score (nSPS) is 14.2. The van der Waals surface area contributed by atoms with E-state index in [-0.39, 0.29) is 6.03 Å². The fraction of sp³-hybridized carbons (Fsp3) is 0.333. The molecule has 3 rings (SSSR count). The predicted molar refractivity (Wildman–Crippen MR) is 95.7 cm³/mol. The average Bonchev–Trinajstić information content (AvgIpc) is 3.11. The number of allylic oxidation sites excluding steroid dienone is 1. The van der Waals surface area contributed by atoms with Crippen molar-refractivity contribution in [2.24, 2.45) is 0 Å². The molecular formula is C18H21N3OS. The van der Waals surface area contributed by atoms with Crippen molar-refractivity contribution in [1.82, 2.24) is 10.3 Å². The lowest BCUT2D eigenvalue weighted by Crippen LogP contribution is -2.29. The molecule has 4 nitrogen and oxygen atoms in total. The van der Waals surface area contributed by atoms with Gasteiger partial charge < -0.3 is 10.6 Å². The molecule has 0 spiro atoms. The standard InChI is InChI=1S/C18H21N3OS/c22-18(20-10-9-14-5-2-1-3-6-14)21-16-8-4-7-15(13-16)17-19-11-12-23-17/h4-5,7-8,11-13H,1-3,6,9-10H2,(H2,20,21,22). The van der Waals surface area contributed by atoms with Crippen LogP contribution in [0, 0.1) is 0 Å². The topological polar surface area (TPSA) is 54.0 Å². The van der Waals surface area contributed by atoms with Gasteiger partial charge in [-0.2, -0.15) is 0 Å². The van der Waals surface area contributed by atoms with Crippen molar-refractivity contribution >= 4 is 23.1 Å². The van der Waals surface area contributed by atoms with Gasteiger partial charge in [-0.25, -0.2) is 9.78 Å². The summed E-state index contributed by atoms with van der Waals surface area (Å²) in [6, 6.07) is 7.61. The number of urea groups is 1. The minimum absolute atomic E-state index is 0.155. The van der Waals surface area contributed by atoms with Gasteiger partial charge in [-0.3, -0.25) is 0 Å². The first-order chi connectivity index (χ1) is 11.3. The molecule has 0 saturated carbocycles. The molecule has 2 amide bonds. The largest absolute Gasteiger partial charge is 0.338 e. The van der Waals surface area contributed by atoms with E-state index in [4.69, 9.17) is 0 Å². The Morgan fingerprint density at radius 2 is 2.26 bits per heavy atom. The first kappa shape index (κ1) is 15.7. The molecule has 1 aliphatic carbocycles. The number of anilines is 1.